The normalized spacial score (nSPS) is 14.7. The minimum atomic E-state index is -0.804. The number of nitrogen functional groups attached to an aromatic ring is 1. The third-order valence-electron chi connectivity index (χ3n) is 2.84. The Balaban J connectivity index is 2.28. The van der Waals surface area contributed by atoms with E-state index in [1.165, 1.54) is 0 Å². The van der Waals surface area contributed by atoms with Gasteiger partial charge < -0.3 is 15.1 Å². The first-order valence-corrected chi connectivity index (χ1v) is 5.75. The predicted molar refractivity (Wildman–Crippen MR) is 64.2 cm³/mol. The number of hydrazine groups is 1. The summed E-state index contributed by atoms with van der Waals surface area (Å²) in [6, 6.07) is 1.04. The Kier molecular flexibility index (Phi) is 3.93. The Labute approximate surface area is 104 Å². The maximum Gasteiger partial charge on any atom is 0.178 e. The highest BCUT2D eigenvalue weighted by Gasteiger charge is 2.32. The molecular formula is C11H16F2N4O. The first kappa shape index (κ1) is 13.0. The molecule has 1 aliphatic carbocycles. The van der Waals surface area contributed by atoms with Gasteiger partial charge in [0.25, 0.3) is 0 Å². The highest BCUT2D eigenvalue weighted by atomic mass is 19.1. The third-order valence-corrected chi connectivity index (χ3v) is 2.84. The molecule has 1 heterocycles. The van der Waals surface area contributed by atoms with Crippen molar-refractivity contribution >= 4 is 11.6 Å². The number of methoxy groups -OCH3 is 1. The van der Waals surface area contributed by atoms with Gasteiger partial charge in [-0.1, -0.05) is 0 Å². The number of anilines is 2. The minimum absolute atomic E-state index is 0.115. The Hall–Kier alpha value is -1.47. The molecule has 3 N–H and O–H groups in total. The summed E-state index contributed by atoms with van der Waals surface area (Å²) >= 11 is 0. The van der Waals surface area contributed by atoms with Crippen LogP contribution in [0.2, 0.25) is 0 Å². The van der Waals surface area contributed by atoms with Gasteiger partial charge in [0.05, 0.1) is 6.61 Å². The van der Waals surface area contributed by atoms with Crippen LogP contribution in [0, 0.1) is 11.6 Å². The van der Waals surface area contributed by atoms with Crippen LogP contribution in [0.4, 0.5) is 20.4 Å². The van der Waals surface area contributed by atoms with E-state index >= 15 is 0 Å². The van der Waals surface area contributed by atoms with E-state index in [1.807, 2.05) is 0 Å². The van der Waals surface area contributed by atoms with E-state index < -0.39 is 11.6 Å². The van der Waals surface area contributed by atoms with E-state index in [2.05, 4.69) is 10.4 Å². The summed E-state index contributed by atoms with van der Waals surface area (Å²) in [5.41, 5.74) is 2.12. The van der Waals surface area contributed by atoms with Crippen molar-refractivity contribution in [3.63, 3.8) is 0 Å². The molecule has 0 atom stereocenters. The second-order valence-electron chi connectivity index (χ2n) is 4.19. The van der Waals surface area contributed by atoms with Gasteiger partial charge in [-0.3, -0.25) is 0 Å². The fourth-order valence-corrected chi connectivity index (χ4v) is 1.80. The van der Waals surface area contributed by atoms with E-state index in [1.54, 1.807) is 12.0 Å². The highest BCUT2D eigenvalue weighted by Crippen LogP contribution is 2.32. The standard InChI is InChI=1S/C11H16F2N4O/c1-18-5-4-17(7-2-3-7)11-9(13)6-8(12)10(15-11)16-14/h6-7H,2-5,14H2,1H3,(H,15,16). The lowest BCUT2D eigenvalue weighted by atomic mass is 10.3. The molecule has 1 saturated carbocycles. The fourth-order valence-electron chi connectivity index (χ4n) is 1.80. The lowest BCUT2D eigenvalue weighted by Gasteiger charge is -2.24. The van der Waals surface area contributed by atoms with Crippen molar-refractivity contribution in [3.05, 3.63) is 17.7 Å². The first-order chi connectivity index (χ1) is 8.67. The van der Waals surface area contributed by atoms with Gasteiger partial charge in [0, 0.05) is 25.8 Å². The van der Waals surface area contributed by atoms with Crippen LogP contribution >= 0.6 is 0 Å². The zero-order valence-corrected chi connectivity index (χ0v) is 10.1. The molecule has 0 bridgehead atoms. The molecule has 1 aromatic rings. The Morgan fingerprint density at radius 1 is 1.50 bits per heavy atom. The average molecular weight is 258 g/mol. The number of rotatable bonds is 6. The van der Waals surface area contributed by atoms with Gasteiger partial charge in [-0.05, 0) is 12.8 Å². The molecule has 5 nitrogen and oxygen atoms in total. The second-order valence-corrected chi connectivity index (χ2v) is 4.19. The molecule has 0 unspecified atom stereocenters. The lowest BCUT2D eigenvalue weighted by Crippen LogP contribution is -2.31. The van der Waals surface area contributed by atoms with Gasteiger partial charge in [0.1, 0.15) is 0 Å². The third kappa shape index (κ3) is 2.68. The quantitative estimate of drug-likeness (QED) is 0.594. The average Bonchev–Trinajstić information content (AvgIpc) is 3.16. The lowest BCUT2D eigenvalue weighted by molar-refractivity contribution is 0.204. The molecule has 0 aliphatic heterocycles. The highest BCUT2D eigenvalue weighted by molar-refractivity contribution is 5.50. The van der Waals surface area contributed by atoms with Crippen LogP contribution in [0.15, 0.2) is 6.07 Å². The monoisotopic (exact) mass is 258 g/mol. The fraction of sp³-hybridized carbons (Fsp3) is 0.545. The number of hydrogen-bond donors (Lipinski definition) is 2. The van der Waals surface area contributed by atoms with Crippen molar-refractivity contribution in [2.24, 2.45) is 5.84 Å². The Morgan fingerprint density at radius 2 is 2.22 bits per heavy atom. The van der Waals surface area contributed by atoms with Gasteiger partial charge >= 0.3 is 0 Å². The van der Waals surface area contributed by atoms with E-state index in [4.69, 9.17) is 10.6 Å². The summed E-state index contributed by atoms with van der Waals surface area (Å²) in [6.07, 6.45) is 1.96. The number of aromatic nitrogens is 1. The topological polar surface area (TPSA) is 63.4 Å². The molecule has 18 heavy (non-hydrogen) atoms. The number of hydrogen-bond acceptors (Lipinski definition) is 5. The largest absolute Gasteiger partial charge is 0.383 e. The van der Waals surface area contributed by atoms with Crippen molar-refractivity contribution in [1.29, 1.82) is 0 Å². The zero-order valence-electron chi connectivity index (χ0n) is 10.1. The summed E-state index contributed by atoms with van der Waals surface area (Å²) in [5, 5.41) is 0. The zero-order chi connectivity index (χ0) is 13.1. The molecule has 2 rings (SSSR count). The van der Waals surface area contributed by atoms with Gasteiger partial charge in [-0.2, -0.15) is 0 Å². The molecule has 1 aromatic heterocycles. The van der Waals surface area contributed by atoms with Gasteiger partial charge in [0.15, 0.2) is 23.3 Å². The predicted octanol–water partition coefficient (Wildman–Crippen LogP) is 1.26. The number of nitrogens with zero attached hydrogens (tertiary/aromatic N) is 2. The van der Waals surface area contributed by atoms with Crippen molar-refractivity contribution in [3.8, 4) is 0 Å². The Morgan fingerprint density at radius 3 is 2.78 bits per heavy atom. The summed E-state index contributed by atoms with van der Waals surface area (Å²) in [6.45, 7) is 0.973. The molecule has 0 spiro atoms. The molecule has 1 fully saturated rings. The summed E-state index contributed by atoms with van der Waals surface area (Å²) in [7, 11) is 1.58. The van der Waals surface area contributed by atoms with Gasteiger partial charge in [-0.25, -0.2) is 19.6 Å². The number of pyridine rings is 1. The van der Waals surface area contributed by atoms with Crippen LogP contribution < -0.4 is 16.2 Å². The van der Waals surface area contributed by atoms with Crippen molar-refractivity contribution in [2.75, 3.05) is 30.6 Å². The van der Waals surface area contributed by atoms with E-state index in [0.29, 0.717) is 13.2 Å². The number of nitrogens with one attached hydrogen (secondary N) is 1. The second kappa shape index (κ2) is 5.45. The van der Waals surface area contributed by atoms with Crippen molar-refractivity contribution in [2.45, 2.75) is 18.9 Å². The Bertz CT molecular complexity index is 426. The van der Waals surface area contributed by atoms with Crippen LogP contribution in [0.25, 0.3) is 0 Å². The van der Waals surface area contributed by atoms with Crippen LogP contribution in [0.3, 0.4) is 0 Å². The number of ether oxygens (including phenoxy) is 1. The summed E-state index contributed by atoms with van der Waals surface area (Å²) in [5.74, 6) is 3.61. The van der Waals surface area contributed by atoms with E-state index in [-0.39, 0.29) is 17.7 Å². The minimum Gasteiger partial charge on any atom is -0.383 e. The maximum atomic E-state index is 13.8. The number of nitrogens with two attached hydrogens (primary N) is 1. The smallest absolute Gasteiger partial charge is 0.178 e. The summed E-state index contributed by atoms with van der Waals surface area (Å²) < 4.78 is 32.0. The van der Waals surface area contributed by atoms with Crippen LogP contribution in [-0.2, 0) is 4.74 Å². The van der Waals surface area contributed by atoms with Crippen molar-refractivity contribution < 1.29 is 13.5 Å². The molecular weight excluding hydrogens is 242 g/mol. The maximum absolute atomic E-state index is 13.8. The molecule has 0 radical (unpaired) electrons. The van der Waals surface area contributed by atoms with Gasteiger partial charge in [-0.15, -0.1) is 0 Å². The molecule has 0 amide bonds. The first-order valence-electron chi connectivity index (χ1n) is 5.75. The summed E-state index contributed by atoms with van der Waals surface area (Å²) in [4.78, 5) is 5.68. The molecule has 100 valence electrons. The number of halogens is 2. The van der Waals surface area contributed by atoms with Crippen molar-refractivity contribution in [1.82, 2.24) is 4.98 Å². The van der Waals surface area contributed by atoms with E-state index in [9.17, 15) is 8.78 Å². The molecule has 1 aliphatic rings. The molecule has 0 aromatic carbocycles. The van der Waals surface area contributed by atoms with Crippen LogP contribution in [-0.4, -0.2) is 31.3 Å². The van der Waals surface area contributed by atoms with Gasteiger partial charge in [0.2, 0.25) is 0 Å². The SMILES string of the molecule is COCCN(c1nc(NN)c(F)cc1F)C1CC1. The van der Waals surface area contributed by atoms with Crippen LogP contribution in [0.5, 0.6) is 0 Å². The molecule has 0 saturated heterocycles. The van der Waals surface area contributed by atoms with Crippen LogP contribution in [0.1, 0.15) is 12.8 Å². The van der Waals surface area contributed by atoms with E-state index in [0.717, 1.165) is 18.9 Å². The molecule has 7 heteroatoms.